The van der Waals surface area contributed by atoms with Crippen LogP contribution in [-0.2, 0) is 4.79 Å². The average Bonchev–Trinajstić information content (AvgIpc) is 2.20. The summed E-state index contributed by atoms with van der Waals surface area (Å²) in [7, 11) is 0. The molecule has 1 rings (SSSR count). The molecule has 15 heavy (non-hydrogen) atoms. The van der Waals surface area contributed by atoms with Crippen molar-refractivity contribution in [2.45, 2.75) is 13.0 Å². The molecule has 82 valence electrons. The number of ketones is 1. The van der Waals surface area contributed by atoms with Crippen molar-refractivity contribution in [2.24, 2.45) is 0 Å². The minimum absolute atomic E-state index is 0.125. The molecule has 0 bridgehead atoms. The van der Waals surface area contributed by atoms with Crippen LogP contribution in [0.2, 0.25) is 5.02 Å². The molecule has 5 heteroatoms. The van der Waals surface area contributed by atoms with E-state index in [1.807, 2.05) is 0 Å². The first-order valence-corrected chi connectivity index (χ1v) is 5.16. The minimum Gasteiger partial charge on any atom is -0.481 e. The van der Waals surface area contributed by atoms with Crippen LogP contribution >= 0.6 is 23.2 Å². The van der Waals surface area contributed by atoms with Crippen molar-refractivity contribution in [3.63, 3.8) is 0 Å². The third kappa shape index (κ3) is 3.36. The van der Waals surface area contributed by atoms with Gasteiger partial charge in [0, 0.05) is 0 Å². The molecule has 1 aromatic rings. The maximum absolute atomic E-state index is 12.7. The van der Waals surface area contributed by atoms with Crippen molar-refractivity contribution < 1.29 is 13.9 Å². The summed E-state index contributed by atoms with van der Waals surface area (Å²) in [6.07, 6.45) is -0.689. The molecular formula is C10H9Cl2FO2. The molecule has 2 nitrogen and oxygen atoms in total. The van der Waals surface area contributed by atoms with Gasteiger partial charge in [0.15, 0.2) is 11.9 Å². The van der Waals surface area contributed by atoms with E-state index in [1.165, 1.54) is 12.1 Å². The monoisotopic (exact) mass is 250 g/mol. The molecule has 0 saturated heterocycles. The van der Waals surface area contributed by atoms with Crippen LogP contribution in [0.3, 0.4) is 0 Å². The highest BCUT2D eigenvalue weighted by atomic mass is 35.5. The largest absolute Gasteiger partial charge is 0.481 e. The quantitative estimate of drug-likeness (QED) is 0.768. The summed E-state index contributed by atoms with van der Waals surface area (Å²) in [6, 6.07) is 3.70. The molecule has 1 aromatic carbocycles. The van der Waals surface area contributed by atoms with Crippen molar-refractivity contribution in [1.82, 2.24) is 0 Å². The number of hydrogen-bond donors (Lipinski definition) is 0. The second-order valence-electron chi connectivity index (χ2n) is 2.93. The molecule has 0 N–H and O–H groups in total. The summed E-state index contributed by atoms with van der Waals surface area (Å²) < 4.78 is 17.9. The van der Waals surface area contributed by atoms with Crippen LogP contribution in [0.25, 0.3) is 0 Å². The van der Waals surface area contributed by atoms with Crippen molar-refractivity contribution >= 4 is 29.0 Å². The second kappa shape index (κ2) is 5.33. The zero-order chi connectivity index (χ0) is 11.4. The first-order valence-electron chi connectivity index (χ1n) is 4.25. The fourth-order valence-electron chi connectivity index (χ4n) is 0.936. The summed E-state index contributed by atoms with van der Waals surface area (Å²) in [5.74, 6) is -0.565. The van der Waals surface area contributed by atoms with Gasteiger partial charge in [-0.05, 0) is 25.1 Å². The summed E-state index contributed by atoms with van der Waals surface area (Å²) >= 11 is 11.1. The van der Waals surface area contributed by atoms with Gasteiger partial charge in [0.1, 0.15) is 11.6 Å². The van der Waals surface area contributed by atoms with Gasteiger partial charge in [-0.2, -0.15) is 0 Å². The summed E-state index contributed by atoms with van der Waals surface area (Å²) in [4.78, 5) is 11.1. The van der Waals surface area contributed by atoms with Gasteiger partial charge < -0.3 is 4.74 Å². The lowest BCUT2D eigenvalue weighted by Crippen LogP contribution is -2.24. The summed E-state index contributed by atoms with van der Waals surface area (Å²) in [5.41, 5.74) is 0. The molecule has 0 amide bonds. The zero-order valence-corrected chi connectivity index (χ0v) is 9.48. The molecule has 0 aliphatic rings. The van der Waals surface area contributed by atoms with E-state index in [9.17, 15) is 9.18 Å². The van der Waals surface area contributed by atoms with Crippen molar-refractivity contribution in [3.05, 3.63) is 29.0 Å². The highest BCUT2D eigenvalue weighted by Crippen LogP contribution is 2.25. The zero-order valence-electron chi connectivity index (χ0n) is 7.97. The highest BCUT2D eigenvalue weighted by molar-refractivity contribution is 6.32. The van der Waals surface area contributed by atoms with Crippen LogP contribution in [0.4, 0.5) is 4.39 Å². The number of Topliss-reactive ketones (excluding diaryl/α,β-unsaturated/α-hetero) is 1. The lowest BCUT2D eigenvalue weighted by atomic mass is 10.3. The van der Waals surface area contributed by atoms with Crippen LogP contribution in [-0.4, -0.2) is 17.8 Å². The first kappa shape index (κ1) is 12.3. The van der Waals surface area contributed by atoms with E-state index in [4.69, 9.17) is 27.9 Å². The van der Waals surface area contributed by atoms with E-state index in [0.717, 1.165) is 6.07 Å². The van der Waals surface area contributed by atoms with Crippen LogP contribution in [0.1, 0.15) is 6.92 Å². The SMILES string of the molecule is CC(Oc1ccc(F)cc1Cl)C(=O)CCl. The van der Waals surface area contributed by atoms with Gasteiger partial charge in [-0.25, -0.2) is 4.39 Å². The molecule has 1 unspecified atom stereocenters. The maximum Gasteiger partial charge on any atom is 0.187 e. The predicted octanol–water partition coefficient (Wildman–Crippen LogP) is 3.05. The van der Waals surface area contributed by atoms with Gasteiger partial charge >= 0.3 is 0 Å². The molecule has 0 aromatic heterocycles. The predicted molar refractivity (Wildman–Crippen MR) is 57.2 cm³/mol. The molecule has 0 radical (unpaired) electrons. The molecule has 1 atom stereocenters. The third-order valence-electron chi connectivity index (χ3n) is 1.78. The lowest BCUT2D eigenvalue weighted by molar-refractivity contribution is -0.122. The molecule has 0 fully saturated rings. The maximum atomic E-state index is 12.7. The standard InChI is InChI=1S/C10H9Cl2FO2/c1-6(9(14)5-11)15-10-3-2-7(13)4-8(10)12/h2-4,6H,5H2,1H3. The number of ether oxygens (including phenoxy) is 1. The van der Waals surface area contributed by atoms with Crippen molar-refractivity contribution in [3.8, 4) is 5.75 Å². The molecule has 0 heterocycles. The fourth-order valence-corrected chi connectivity index (χ4v) is 1.36. The Morgan fingerprint density at radius 2 is 2.27 bits per heavy atom. The van der Waals surface area contributed by atoms with Crippen LogP contribution in [0.15, 0.2) is 18.2 Å². The number of carbonyl (C=O) groups excluding carboxylic acids is 1. The average molecular weight is 251 g/mol. The topological polar surface area (TPSA) is 26.3 Å². The Morgan fingerprint density at radius 1 is 1.60 bits per heavy atom. The number of alkyl halides is 1. The van der Waals surface area contributed by atoms with Gasteiger partial charge in [-0.15, -0.1) is 11.6 Å². The van der Waals surface area contributed by atoms with E-state index < -0.39 is 11.9 Å². The Morgan fingerprint density at radius 3 is 2.80 bits per heavy atom. The van der Waals surface area contributed by atoms with E-state index in [0.29, 0.717) is 0 Å². The molecule has 0 spiro atoms. The minimum atomic E-state index is -0.689. The molecule has 0 aliphatic carbocycles. The number of benzene rings is 1. The van der Waals surface area contributed by atoms with E-state index in [1.54, 1.807) is 6.92 Å². The van der Waals surface area contributed by atoms with Crippen LogP contribution in [0, 0.1) is 5.82 Å². The highest BCUT2D eigenvalue weighted by Gasteiger charge is 2.14. The number of halogens is 3. The van der Waals surface area contributed by atoms with Gasteiger partial charge in [-0.3, -0.25) is 4.79 Å². The first-order chi connectivity index (χ1) is 7.04. The van der Waals surface area contributed by atoms with Gasteiger partial charge in [0.05, 0.1) is 10.9 Å². The van der Waals surface area contributed by atoms with Gasteiger partial charge in [0.2, 0.25) is 0 Å². The Balaban J connectivity index is 2.76. The summed E-state index contributed by atoms with van der Waals surface area (Å²) in [5, 5.41) is 0.129. The van der Waals surface area contributed by atoms with E-state index in [2.05, 4.69) is 0 Å². The van der Waals surface area contributed by atoms with Gasteiger partial charge in [-0.1, -0.05) is 11.6 Å². The Labute approximate surface area is 96.9 Å². The summed E-state index contributed by atoms with van der Waals surface area (Å²) in [6.45, 7) is 1.56. The Kier molecular flexibility index (Phi) is 4.36. The molecule has 0 aliphatic heterocycles. The lowest BCUT2D eigenvalue weighted by Gasteiger charge is -2.13. The number of hydrogen-bond acceptors (Lipinski definition) is 2. The fraction of sp³-hybridized carbons (Fsp3) is 0.300. The molecular weight excluding hydrogens is 242 g/mol. The van der Waals surface area contributed by atoms with Crippen LogP contribution in [0.5, 0.6) is 5.75 Å². The Hall–Kier alpha value is -0.800. The van der Waals surface area contributed by atoms with Gasteiger partial charge in [0.25, 0.3) is 0 Å². The van der Waals surface area contributed by atoms with Crippen molar-refractivity contribution in [1.29, 1.82) is 0 Å². The smallest absolute Gasteiger partial charge is 0.187 e. The Bertz CT molecular complexity index is 368. The van der Waals surface area contributed by atoms with E-state index in [-0.39, 0.29) is 22.4 Å². The normalized spacial score (nSPS) is 12.3. The van der Waals surface area contributed by atoms with Crippen LogP contribution < -0.4 is 4.74 Å². The van der Waals surface area contributed by atoms with Crippen molar-refractivity contribution in [2.75, 3.05) is 5.88 Å². The number of carbonyl (C=O) groups is 1. The van der Waals surface area contributed by atoms with E-state index >= 15 is 0 Å². The molecule has 0 saturated carbocycles. The second-order valence-corrected chi connectivity index (χ2v) is 3.61. The number of rotatable bonds is 4. The third-order valence-corrected chi connectivity index (χ3v) is 2.34.